The maximum Gasteiger partial charge on any atom is 0.338 e. The van der Waals surface area contributed by atoms with E-state index in [9.17, 15) is 9.59 Å². The molecular weight excluding hydrogens is 280 g/mol. The molecule has 0 aromatic carbocycles. The summed E-state index contributed by atoms with van der Waals surface area (Å²) < 4.78 is 10.1. The first-order valence-corrected chi connectivity index (χ1v) is 7.00. The first-order chi connectivity index (χ1) is 10.6. The van der Waals surface area contributed by atoms with Crippen LogP contribution in [0.1, 0.15) is 40.1 Å². The molecule has 0 atom stereocenters. The highest BCUT2D eigenvalue weighted by molar-refractivity contribution is 6.08. The lowest BCUT2D eigenvalue weighted by Crippen LogP contribution is -2.05. The third-order valence-electron chi connectivity index (χ3n) is 3.18. The molecule has 0 saturated heterocycles. The number of hydrogen-bond donors (Lipinski definition) is 0. The highest BCUT2D eigenvalue weighted by Gasteiger charge is 2.25. The van der Waals surface area contributed by atoms with Crippen molar-refractivity contribution in [3.05, 3.63) is 47.0 Å². The minimum absolute atomic E-state index is 0.259. The predicted octanol–water partition coefficient (Wildman–Crippen LogP) is 3.13. The summed E-state index contributed by atoms with van der Waals surface area (Å²) in [5.41, 5.74) is 2.55. The molecule has 0 aliphatic heterocycles. The molecule has 0 bridgehead atoms. The maximum atomic E-state index is 12.1. The molecule has 4 nitrogen and oxygen atoms in total. The fourth-order valence-electron chi connectivity index (χ4n) is 2.20. The normalized spacial score (nSPS) is 10.0. The summed E-state index contributed by atoms with van der Waals surface area (Å²) in [4.78, 5) is 24.2. The number of esters is 2. The van der Waals surface area contributed by atoms with Crippen molar-refractivity contribution in [2.24, 2.45) is 0 Å². The molecule has 0 radical (unpaired) electrons. The summed E-state index contributed by atoms with van der Waals surface area (Å²) in [5, 5.41) is 0. The average Bonchev–Trinajstić information content (AvgIpc) is 2.74. The summed E-state index contributed by atoms with van der Waals surface area (Å²) in [6.07, 6.45) is 5.39. The lowest BCUT2D eigenvalue weighted by atomic mass is 10.1. The van der Waals surface area contributed by atoms with Gasteiger partial charge in [-0.15, -0.1) is 6.42 Å². The van der Waals surface area contributed by atoms with Crippen LogP contribution in [-0.2, 0) is 9.47 Å². The molecule has 2 aliphatic rings. The molecule has 0 aromatic heterocycles. The van der Waals surface area contributed by atoms with E-state index < -0.39 is 11.9 Å². The van der Waals surface area contributed by atoms with Crippen molar-refractivity contribution in [1.29, 1.82) is 0 Å². The molecule has 0 saturated carbocycles. The number of terminal acetylenes is 1. The van der Waals surface area contributed by atoms with Gasteiger partial charge in [-0.05, 0) is 43.2 Å². The van der Waals surface area contributed by atoms with Gasteiger partial charge in [0.1, 0.15) is 0 Å². The second-order valence-corrected chi connectivity index (χ2v) is 4.51. The average molecular weight is 296 g/mol. The van der Waals surface area contributed by atoms with Crippen LogP contribution in [0.5, 0.6) is 0 Å². The molecule has 0 spiro atoms. The SMILES string of the molecule is C#Cc1ccc2c(C(=O)OCC)cc(C(=O)OCC)c-2cc1. The Hall–Kier alpha value is -2.80. The van der Waals surface area contributed by atoms with Gasteiger partial charge in [0.2, 0.25) is 0 Å². The number of hydrogen-bond acceptors (Lipinski definition) is 4. The van der Waals surface area contributed by atoms with Crippen LogP contribution in [-0.4, -0.2) is 25.2 Å². The minimum atomic E-state index is -0.475. The molecule has 0 heterocycles. The highest BCUT2D eigenvalue weighted by atomic mass is 16.5. The van der Waals surface area contributed by atoms with E-state index in [1.807, 2.05) is 0 Å². The van der Waals surface area contributed by atoms with Crippen molar-refractivity contribution in [3.8, 4) is 23.5 Å². The van der Waals surface area contributed by atoms with Crippen LogP contribution >= 0.6 is 0 Å². The zero-order valence-electron chi connectivity index (χ0n) is 12.5. The zero-order chi connectivity index (χ0) is 16.1. The Bertz CT molecular complexity index is 672. The Balaban J connectivity index is 2.64. The van der Waals surface area contributed by atoms with Crippen molar-refractivity contribution in [3.63, 3.8) is 0 Å². The second kappa shape index (κ2) is 6.77. The molecule has 2 rings (SSSR count). The Morgan fingerprint density at radius 2 is 1.41 bits per heavy atom. The fraction of sp³-hybridized carbons (Fsp3) is 0.222. The molecule has 0 amide bonds. The Morgan fingerprint density at radius 3 is 1.77 bits per heavy atom. The van der Waals surface area contributed by atoms with Gasteiger partial charge in [0.25, 0.3) is 0 Å². The van der Waals surface area contributed by atoms with E-state index in [0.29, 0.717) is 27.8 Å². The van der Waals surface area contributed by atoms with Gasteiger partial charge in [-0.2, -0.15) is 0 Å². The van der Waals surface area contributed by atoms with Crippen LogP contribution in [0.25, 0.3) is 11.1 Å². The van der Waals surface area contributed by atoms with Crippen molar-refractivity contribution in [2.45, 2.75) is 13.8 Å². The van der Waals surface area contributed by atoms with E-state index in [4.69, 9.17) is 15.9 Å². The second-order valence-electron chi connectivity index (χ2n) is 4.51. The molecule has 112 valence electrons. The summed E-state index contributed by atoms with van der Waals surface area (Å²) in [5.74, 6) is 1.58. The molecule has 0 unspecified atom stereocenters. The van der Waals surface area contributed by atoms with E-state index in [2.05, 4.69) is 5.92 Å². The van der Waals surface area contributed by atoms with Crippen LogP contribution in [0.3, 0.4) is 0 Å². The third kappa shape index (κ3) is 2.94. The van der Waals surface area contributed by atoms with Crippen molar-refractivity contribution in [2.75, 3.05) is 13.2 Å². The minimum Gasteiger partial charge on any atom is -0.462 e. The van der Waals surface area contributed by atoms with Gasteiger partial charge in [-0.25, -0.2) is 9.59 Å². The third-order valence-corrected chi connectivity index (χ3v) is 3.18. The van der Waals surface area contributed by atoms with Crippen LogP contribution < -0.4 is 0 Å². The van der Waals surface area contributed by atoms with E-state index in [1.54, 1.807) is 38.1 Å². The first-order valence-electron chi connectivity index (χ1n) is 7.00. The van der Waals surface area contributed by atoms with Gasteiger partial charge in [-0.3, -0.25) is 0 Å². The van der Waals surface area contributed by atoms with Gasteiger partial charge in [-0.1, -0.05) is 18.1 Å². The van der Waals surface area contributed by atoms with E-state index in [-0.39, 0.29) is 13.2 Å². The lowest BCUT2D eigenvalue weighted by molar-refractivity contribution is 0.0525. The summed E-state index contributed by atoms with van der Waals surface area (Å²) in [7, 11) is 0. The highest BCUT2D eigenvalue weighted by Crippen LogP contribution is 2.33. The van der Waals surface area contributed by atoms with Crippen LogP contribution in [0.15, 0.2) is 30.3 Å². The Labute approximate surface area is 129 Å². The monoisotopic (exact) mass is 296 g/mol. The molecular formula is C18H16O4. The summed E-state index contributed by atoms with van der Waals surface area (Å²) >= 11 is 0. The van der Waals surface area contributed by atoms with Gasteiger partial charge in [0, 0.05) is 5.56 Å². The molecule has 4 heteroatoms. The zero-order valence-corrected chi connectivity index (χ0v) is 12.5. The number of rotatable bonds is 4. The standard InChI is InChI=1S/C18H16O4/c1-4-12-7-9-13-14(10-8-12)16(18(20)22-6-3)11-15(13)17(19)21-5-2/h1,7-11H,5-6H2,2-3H3. The molecule has 0 N–H and O–H groups in total. The van der Waals surface area contributed by atoms with Crippen LogP contribution in [0.4, 0.5) is 0 Å². The van der Waals surface area contributed by atoms with Crippen molar-refractivity contribution in [1.82, 2.24) is 0 Å². The van der Waals surface area contributed by atoms with Gasteiger partial charge < -0.3 is 9.47 Å². The Kier molecular flexibility index (Phi) is 4.80. The predicted molar refractivity (Wildman–Crippen MR) is 82.9 cm³/mol. The quantitative estimate of drug-likeness (QED) is 0.642. The number of carbonyl (C=O) groups excluding carboxylic acids is 2. The van der Waals surface area contributed by atoms with Crippen LogP contribution in [0, 0.1) is 12.3 Å². The van der Waals surface area contributed by atoms with E-state index >= 15 is 0 Å². The van der Waals surface area contributed by atoms with E-state index in [1.165, 1.54) is 6.07 Å². The summed E-state index contributed by atoms with van der Waals surface area (Å²) in [6, 6.07) is 8.40. The molecule has 0 aromatic rings. The summed E-state index contributed by atoms with van der Waals surface area (Å²) in [6.45, 7) is 3.97. The maximum absolute atomic E-state index is 12.1. The van der Waals surface area contributed by atoms with Crippen molar-refractivity contribution < 1.29 is 19.1 Å². The first kappa shape index (κ1) is 15.6. The van der Waals surface area contributed by atoms with Crippen LogP contribution in [0.2, 0.25) is 0 Å². The number of ether oxygens (including phenoxy) is 2. The van der Waals surface area contributed by atoms with Gasteiger partial charge >= 0.3 is 11.9 Å². The number of fused-ring (bicyclic) bond motifs is 1. The smallest absolute Gasteiger partial charge is 0.338 e. The molecule has 22 heavy (non-hydrogen) atoms. The topological polar surface area (TPSA) is 52.6 Å². The molecule has 0 fully saturated rings. The Morgan fingerprint density at radius 1 is 0.955 bits per heavy atom. The largest absolute Gasteiger partial charge is 0.462 e. The lowest BCUT2D eigenvalue weighted by Gasteiger charge is -2.02. The van der Waals surface area contributed by atoms with Crippen molar-refractivity contribution >= 4 is 11.9 Å². The number of carbonyl (C=O) groups is 2. The van der Waals surface area contributed by atoms with E-state index in [0.717, 1.165) is 0 Å². The van der Waals surface area contributed by atoms with Gasteiger partial charge in [0.05, 0.1) is 24.3 Å². The molecule has 2 aliphatic carbocycles. The van der Waals surface area contributed by atoms with Gasteiger partial charge in [0.15, 0.2) is 0 Å². The fourth-order valence-corrected chi connectivity index (χ4v) is 2.20.